The predicted molar refractivity (Wildman–Crippen MR) is 100.0 cm³/mol. The van der Waals surface area contributed by atoms with Gasteiger partial charge in [-0.2, -0.15) is 4.98 Å². The number of hydrogen-bond acceptors (Lipinski definition) is 5. The van der Waals surface area contributed by atoms with Crippen LogP contribution in [0.15, 0.2) is 23.0 Å². The summed E-state index contributed by atoms with van der Waals surface area (Å²) in [6.45, 7) is 8.39. The summed E-state index contributed by atoms with van der Waals surface area (Å²) in [6, 6.07) is 6.02. The highest BCUT2D eigenvalue weighted by molar-refractivity contribution is 7.21. The average molecular weight is 345 g/mol. The third-order valence-electron chi connectivity index (χ3n) is 4.16. The lowest BCUT2D eigenvalue weighted by Crippen LogP contribution is -2.38. The Labute approximate surface area is 145 Å². The Morgan fingerprint density at radius 3 is 2.50 bits per heavy atom. The van der Waals surface area contributed by atoms with E-state index in [0.717, 1.165) is 22.7 Å². The van der Waals surface area contributed by atoms with Gasteiger partial charge in [-0.3, -0.25) is 9.59 Å². The quantitative estimate of drug-likeness (QED) is 0.899. The molecule has 0 aliphatic heterocycles. The first kappa shape index (κ1) is 16.9. The zero-order valence-electron chi connectivity index (χ0n) is 14.5. The average Bonchev–Trinajstić information content (AvgIpc) is 3.32. The standard InChI is InChI=1S/C18H23N3O2S/c1-10(2)21(11(3)4)18-20-17(23)14-9-13(7-8-15(14)24-18)19-16(22)12-5-6-12/h7-12H,5-6H2,1-4H3,(H,19,22). The minimum absolute atomic E-state index is 0.0424. The predicted octanol–water partition coefficient (Wildman–Crippen LogP) is 3.63. The number of hydrogen-bond donors (Lipinski definition) is 1. The number of benzene rings is 1. The van der Waals surface area contributed by atoms with Crippen LogP contribution in [0.1, 0.15) is 40.5 Å². The van der Waals surface area contributed by atoms with Gasteiger partial charge in [-0.1, -0.05) is 11.3 Å². The van der Waals surface area contributed by atoms with Gasteiger partial charge in [-0.05, 0) is 58.7 Å². The number of aromatic nitrogens is 1. The van der Waals surface area contributed by atoms with Crippen molar-refractivity contribution in [2.24, 2.45) is 5.92 Å². The largest absolute Gasteiger partial charge is 0.343 e. The maximum Gasteiger partial charge on any atom is 0.281 e. The maximum atomic E-state index is 12.5. The third-order valence-corrected chi connectivity index (χ3v) is 5.22. The first-order chi connectivity index (χ1) is 11.4. The summed E-state index contributed by atoms with van der Waals surface area (Å²) in [7, 11) is 0. The van der Waals surface area contributed by atoms with E-state index in [1.54, 1.807) is 6.07 Å². The van der Waals surface area contributed by atoms with E-state index in [0.29, 0.717) is 11.1 Å². The molecule has 1 saturated carbocycles. The Hall–Kier alpha value is -1.95. The second-order valence-electron chi connectivity index (χ2n) is 6.87. The van der Waals surface area contributed by atoms with Crippen LogP contribution in [-0.4, -0.2) is 23.0 Å². The molecule has 1 aromatic heterocycles. The monoisotopic (exact) mass is 345 g/mol. The third kappa shape index (κ3) is 3.43. The molecule has 1 aromatic carbocycles. The lowest BCUT2D eigenvalue weighted by molar-refractivity contribution is -0.117. The van der Waals surface area contributed by atoms with Gasteiger partial charge in [-0.15, -0.1) is 0 Å². The van der Waals surface area contributed by atoms with Crippen LogP contribution in [0, 0.1) is 5.92 Å². The molecule has 1 N–H and O–H groups in total. The van der Waals surface area contributed by atoms with E-state index in [4.69, 9.17) is 0 Å². The molecule has 5 nitrogen and oxygen atoms in total. The van der Waals surface area contributed by atoms with E-state index in [1.807, 2.05) is 12.1 Å². The molecule has 3 rings (SSSR count). The van der Waals surface area contributed by atoms with E-state index in [9.17, 15) is 9.59 Å². The molecule has 0 unspecified atom stereocenters. The van der Waals surface area contributed by atoms with Crippen LogP contribution in [0.3, 0.4) is 0 Å². The van der Waals surface area contributed by atoms with Gasteiger partial charge in [0.05, 0.1) is 5.39 Å². The molecule has 1 amide bonds. The highest BCUT2D eigenvalue weighted by Crippen LogP contribution is 2.31. The Morgan fingerprint density at radius 1 is 1.25 bits per heavy atom. The molecule has 0 bridgehead atoms. The van der Waals surface area contributed by atoms with E-state index in [-0.39, 0.29) is 29.5 Å². The van der Waals surface area contributed by atoms with Crippen LogP contribution in [0.5, 0.6) is 0 Å². The van der Waals surface area contributed by atoms with Crippen molar-refractivity contribution in [2.45, 2.75) is 52.6 Å². The fraction of sp³-hybridized carbons (Fsp3) is 0.500. The Kier molecular flexibility index (Phi) is 4.58. The SMILES string of the molecule is CC(C)N(c1nc(=O)c2cc(NC(=O)C3CC3)ccc2s1)C(C)C. The molecule has 0 atom stereocenters. The summed E-state index contributed by atoms with van der Waals surface area (Å²) >= 11 is 1.51. The summed E-state index contributed by atoms with van der Waals surface area (Å²) in [5.74, 6) is 0.183. The number of nitrogens with one attached hydrogen (secondary N) is 1. The number of carbonyl (C=O) groups excluding carboxylic acids is 1. The zero-order valence-corrected chi connectivity index (χ0v) is 15.3. The molecule has 128 valence electrons. The smallest absolute Gasteiger partial charge is 0.281 e. The minimum Gasteiger partial charge on any atom is -0.343 e. The number of anilines is 2. The molecular formula is C18H23N3O2S. The van der Waals surface area contributed by atoms with Gasteiger partial charge in [-0.25, -0.2) is 0 Å². The van der Waals surface area contributed by atoms with Crippen molar-refractivity contribution in [3.63, 3.8) is 0 Å². The Balaban J connectivity index is 1.97. The van der Waals surface area contributed by atoms with Gasteiger partial charge in [0.15, 0.2) is 5.13 Å². The molecule has 1 heterocycles. The van der Waals surface area contributed by atoms with Gasteiger partial charge < -0.3 is 10.2 Å². The number of carbonyl (C=O) groups is 1. The fourth-order valence-corrected chi connectivity index (χ4v) is 4.12. The van der Waals surface area contributed by atoms with Gasteiger partial charge in [0, 0.05) is 28.4 Å². The first-order valence-electron chi connectivity index (χ1n) is 8.41. The Morgan fingerprint density at radius 2 is 1.92 bits per heavy atom. The number of rotatable bonds is 5. The number of amides is 1. The van der Waals surface area contributed by atoms with Gasteiger partial charge in [0.25, 0.3) is 5.56 Å². The lowest BCUT2D eigenvalue weighted by atomic mass is 10.2. The molecule has 2 aromatic rings. The van der Waals surface area contributed by atoms with E-state index in [1.165, 1.54) is 11.3 Å². The summed E-state index contributed by atoms with van der Waals surface area (Å²) in [6.07, 6.45) is 1.92. The highest BCUT2D eigenvalue weighted by atomic mass is 32.1. The minimum atomic E-state index is -0.243. The van der Waals surface area contributed by atoms with Crippen LogP contribution < -0.4 is 15.8 Å². The zero-order chi connectivity index (χ0) is 17.4. The molecule has 1 fully saturated rings. The van der Waals surface area contributed by atoms with Crippen molar-refractivity contribution in [1.29, 1.82) is 0 Å². The topological polar surface area (TPSA) is 62.3 Å². The van der Waals surface area contributed by atoms with Gasteiger partial charge in [0.2, 0.25) is 5.91 Å². The first-order valence-corrected chi connectivity index (χ1v) is 9.22. The van der Waals surface area contributed by atoms with E-state index in [2.05, 4.69) is 42.9 Å². The van der Waals surface area contributed by atoms with Gasteiger partial charge >= 0.3 is 0 Å². The Bertz CT molecular complexity index is 817. The van der Waals surface area contributed by atoms with Crippen molar-refractivity contribution >= 4 is 38.1 Å². The van der Waals surface area contributed by atoms with Crippen molar-refractivity contribution < 1.29 is 4.79 Å². The van der Waals surface area contributed by atoms with Crippen molar-refractivity contribution in [2.75, 3.05) is 10.2 Å². The molecule has 1 aliphatic carbocycles. The van der Waals surface area contributed by atoms with Crippen LogP contribution in [-0.2, 0) is 4.79 Å². The van der Waals surface area contributed by atoms with Crippen LogP contribution in [0.4, 0.5) is 10.8 Å². The highest BCUT2D eigenvalue weighted by Gasteiger charge is 2.29. The molecule has 6 heteroatoms. The number of fused-ring (bicyclic) bond motifs is 1. The normalized spacial score (nSPS) is 14.4. The molecule has 0 saturated heterocycles. The van der Waals surface area contributed by atoms with Crippen molar-refractivity contribution in [1.82, 2.24) is 4.98 Å². The van der Waals surface area contributed by atoms with Crippen LogP contribution in [0.25, 0.3) is 10.1 Å². The molecule has 24 heavy (non-hydrogen) atoms. The molecule has 0 radical (unpaired) electrons. The summed E-state index contributed by atoms with van der Waals surface area (Å²) in [5, 5.41) is 4.19. The second kappa shape index (κ2) is 6.51. The summed E-state index contributed by atoms with van der Waals surface area (Å²) < 4.78 is 0.890. The number of nitrogens with zero attached hydrogens (tertiary/aromatic N) is 2. The van der Waals surface area contributed by atoms with Crippen molar-refractivity contribution in [3.05, 3.63) is 28.6 Å². The summed E-state index contributed by atoms with van der Waals surface area (Å²) in [5.41, 5.74) is 0.426. The fourth-order valence-electron chi connectivity index (χ4n) is 2.87. The van der Waals surface area contributed by atoms with Crippen LogP contribution in [0.2, 0.25) is 0 Å². The molecule has 0 spiro atoms. The second-order valence-corrected chi connectivity index (χ2v) is 7.88. The van der Waals surface area contributed by atoms with Crippen molar-refractivity contribution in [3.8, 4) is 0 Å². The molecule has 1 aliphatic rings. The van der Waals surface area contributed by atoms with E-state index < -0.39 is 0 Å². The maximum absolute atomic E-state index is 12.5. The lowest BCUT2D eigenvalue weighted by Gasteiger charge is -2.31. The van der Waals surface area contributed by atoms with Gasteiger partial charge in [0.1, 0.15) is 0 Å². The molecular weight excluding hydrogens is 322 g/mol. The van der Waals surface area contributed by atoms with Crippen LogP contribution >= 0.6 is 11.3 Å². The summed E-state index contributed by atoms with van der Waals surface area (Å²) in [4.78, 5) is 30.8. The van der Waals surface area contributed by atoms with E-state index >= 15 is 0 Å².